The van der Waals surface area contributed by atoms with Crippen molar-refractivity contribution in [2.45, 2.75) is 50.6 Å². The van der Waals surface area contributed by atoms with E-state index in [2.05, 4.69) is 10.6 Å². The van der Waals surface area contributed by atoms with Gasteiger partial charge < -0.3 is 37.2 Å². The first-order chi connectivity index (χ1) is 13.6. The Hall–Kier alpha value is 0.114. The van der Waals surface area contributed by atoms with E-state index in [-0.39, 0.29) is 0 Å². The molecule has 2 N–H and O–H groups in total. The van der Waals surface area contributed by atoms with Crippen LogP contribution in [0.25, 0.3) is 0 Å². The van der Waals surface area contributed by atoms with Crippen molar-refractivity contribution in [2.24, 2.45) is 0 Å². The lowest BCUT2D eigenvalue weighted by Crippen LogP contribution is -2.43. The van der Waals surface area contributed by atoms with Crippen molar-refractivity contribution in [3.63, 3.8) is 0 Å². The SMILES string of the molecule is CO[Si](CCCNCCCCCCNCCC[Si](OC)(OC)OC)(OC)OC. The van der Waals surface area contributed by atoms with Crippen molar-refractivity contribution in [3.8, 4) is 0 Å². The van der Waals surface area contributed by atoms with Gasteiger partial charge in [0.2, 0.25) is 0 Å². The predicted molar refractivity (Wildman–Crippen MR) is 117 cm³/mol. The molecule has 8 nitrogen and oxygen atoms in total. The van der Waals surface area contributed by atoms with Gasteiger partial charge >= 0.3 is 17.6 Å². The van der Waals surface area contributed by atoms with Crippen LogP contribution in [-0.2, 0) is 26.6 Å². The quantitative estimate of drug-likeness (QED) is 0.208. The van der Waals surface area contributed by atoms with Crippen molar-refractivity contribution in [2.75, 3.05) is 68.8 Å². The molecule has 0 rings (SSSR count). The molecule has 0 saturated carbocycles. The highest BCUT2D eigenvalue weighted by atomic mass is 28.4. The van der Waals surface area contributed by atoms with Gasteiger partial charge in [-0.3, -0.25) is 0 Å². The topological polar surface area (TPSA) is 79.4 Å². The molecule has 0 unspecified atom stereocenters. The minimum atomic E-state index is -2.40. The number of unbranched alkanes of at least 4 members (excludes halogenated alkanes) is 3. The van der Waals surface area contributed by atoms with Gasteiger partial charge in [0.05, 0.1) is 0 Å². The van der Waals surface area contributed by atoms with Gasteiger partial charge in [-0.1, -0.05) is 12.8 Å². The molecule has 0 saturated heterocycles. The second kappa shape index (κ2) is 17.9. The van der Waals surface area contributed by atoms with Crippen LogP contribution in [0.4, 0.5) is 0 Å². The molecule has 0 bridgehead atoms. The monoisotopic (exact) mass is 440 g/mol. The Morgan fingerprint density at radius 3 is 1.00 bits per heavy atom. The van der Waals surface area contributed by atoms with Crippen LogP contribution < -0.4 is 10.6 Å². The van der Waals surface area contributed by atoms with Gasteiger partial charge in [-0.05, 0) is 51.9 Å². The highest BCUT2D eigenvalue weighted by Gasteiger charge is 2.37. The van der Waals surface area contributed by atoms with Gasteiger partial charge in [-0.15, -0.1) is 0 Å². The summed E-state index contributed by atoms with van der Waals surface area (Å²) in [6, 6.07) is 1.69. The molecule has 0 aliphatic carbocycles. The summed E-state index contributed by atoms with van der Waals surface area (Å²) in [6.07, 6.45) is 6.95. The lowest BCUT2D eigenvalue weighted by molar-refractivity contribution is 0.122. The Labute approximate surface area is 174 Å². The van der Waals surface area contributed by atoms with Crippen LogP contribution in [0.5, 0.6) is 0 Å². The summed E-state index contributed by atoms with van der Waals surface area (Å²) >= 11 is 0. The molecule has 0 spiro atoms. The molecule has 28 heavy (non-hydrogen) atoms. The van der Waals surface area contributed by atoms with Gasteiger partial charge in [0.1, 0.15) is 0 Å². The van der Waals surface area contributed by atoms with Crippen molar-refractivity contribution >= 4 is 17.6 Å². The van der Waals surface area contributed by atoms with Crippen LogP contribution in [0, 0.1) is 0 Å². The van der Waals surface area contributed by atoms with E-state index in [1.807, 2.05) is 0 Å². The Morgan fingerprint density at radius 2 is 0.714 bits per heavy atom. The fourth-order valence-electron chi connectivity index (χ4n) is 3.08. The zero-order valence-corrected chi connectivity index (χ0v) is 20.9. The highest BCUT2D eigenvalue weighted by Crippen LogP contribution is 2.15. The molecule has 0 aromatic carbocycles. The molecule has 0 heterocycles. The Bertz CT molecular complexity index is 300. The predicted octanol–water partition coefficient (Wildman–Crippen LogP) is 2.26. The lowest BCUT2D eigenvalue weighted by atomic mass is 10.2. The third kappa shape index (κ3) is 12.0. The van der Waals surface area contributed by atoms with E-state index in [9.17, 15) is 0 Å². The molecule has 0 radical (unpaired) electrons. The van der Waals surface area contributed by atoms with Crippen LogP contribution in [-0.4, -0.2) is 86.4 Å². The third-order valence-electron chi connectivity index (χ3n) is 5.00. The van der Waals surface area contributed by atoms with Crippen molar-refractivity contribution in [3.05, 3.63) is 0 Å². The molecule has 170 valence electrons. The molecule has 10 heteroatoms. The minimum absolute atomic E-state index is 0.845. The normalized spacial score (nSPS) is 12.6. The van der Waals surface area contributed by atoms with E-state index in [0.717, 1.165) is 51.1 Å². The van der Waals surface area contributed by atoms with Crippen molar-refractivity contribution in [1.29, 1.82) is 0 Å². The summed E-state index contributed by atoms with van der Waals surface area (Å²) < 4.78 is 32.5. The summed E-state index contributed by atoms with van der Waals surface area (Å²) in [4.78, 5) is 0. The van der Waals surface area contributed by atoms with E-state index >= 15 is 0 Å². The molecule has 0 aromatic rings. The molecule has 0 aromatic heterocycles. The molecule has 0 fully saturated rings. The minimum Gasteiger partial charge on any atom is -0.377 e. The number of nitrogens with one attached hydrogen (secondary N) is 2. The average Bonchev–Trinajstić information content (AvgIpc) is 2.75. The van der Waals surface area contributed by atoms with E-state index in [4.69, 9.17) is 26.6 Å². The first kappa shape index (κ1) is 28.1. The van der Waals surface area contributed by atoms with Crippen LogP contribution in [0.2, 0.25) is 12.1 Å². The molecule has 0 atom stereocenters. The highest BCUT2D eigenvalue weighted by molar-refractivity contribution is 6.60. The third-order valence-corrected chi connectivity index (χ3v) is 10.7. The van der Waals surface area contributed by atoms with Gasteiger partial charge in [0, 0.05) is 54.7 Å². The maximum Gasteiger partial charge on any atom is 0.500 e. The van der Waals surface area contributed by atoms with E-state index in [1.165, 1.54) is 25.7 Å². The molecular weight excluding hydrogens is 396 g/mol. The van der Waals surface area contributed by atoms with Crippen molar-refractivity contribution < 1.29 is 26.6 Å². The van der Waals surface area contributed by atoms with E-state index in [0.29, 0.717) is 0 Å². The van der Waals surface area contributed by atoms with Crippen molar-refractivity contribution in [1.82, 2.24) is 10.6 Å². The smallest absolute Gasteiger partial charge is 0.377 e. The summed E-state index contributed by atoms with van der Waals surface area (Å²) in [5.41, 5.74) is 0. The van der Waals surface area contributed by atoms with Gasteiger partial charge in [0.15, 0.2) is 0 Å². The fraction of sp³-hybridized carbons (Fsp3) is 1.00. The Kier molecular flexibility index (Phi) is 18.0. The van der Waals surface area contributed by atoms with Crippen LogP contribution in [0.1, 0.15) is 38.5 Å². The molecule has 0 amide bonds. The molecule has 0 aliphatic heterocycles. The summed E-state index contributed by atoms with van der Waals surface area (Å²) in [5.74, 6) is 0. The van der Waals surface area contributed by atoms with Crippen LogP contribution in [0.15, 0.2) is 0 Å². The summed E-state index contributed by atoms with van der Waals surface area (Å²) in [6.45, 7) is 4.07. The number of hydrogen-bond acceptors (Lipinski definition) is 8. The summed E-state index contributed by atoms with van der Waals surface area (Å²) in [7, 11) is 5.17. The zero-order valence-electron chi connectivity index (χ0n) is 18.9. The first-order valence-corrected chi connectivity index (χ1v) is 14.2. The van der Waals surface area contributed by atoms with Crippen LogP contribution >= 0.6 is 0 Å². The average molecular weight is 441 g/mol. The Morgan fingerprint density at radius 1 is 0.429 bits per heavy atom. The number of rotatable bonds is 21. The van der Waals surface area contributed by atoms with Gasteiger partial charge in [0.25, 0.3) is 0 Å². The van der Waals surface area contributed by atoms with Gasteiger partial charge in [-0.2, -0.15) is 0 Å². The Balaban J connectivity index is 3.43. The maximum absolute atomic E-state index is 5.42. The molecular formula is C18H44N2O6Si2. The maximum atomic E-state index is 5.42. The van der Waals surface area contributed by atoms with Gasteiger partial charge in [-0.25, -0.2) is 0 Å². The molecule has 0 aliphatic rings. The van der Waals surface area contributed by atoms with Crippen LogP contribution in [0.3, 0.4) is 0 Å². The largest absolute Gasteiger partial charge is 0.500 e. The van der Waals surface area contributed by atoms with E-state index < -0.39 is 17.6 Å². The standard InChI is InChI=1S/C18H44N2O6Si2/c1-21-27(22-2,23-3)17-11-15-19-13-9-7-8-10-14-20-16-12-18-28(24-4,25-5)26-6/h19-20H,7-18H2,1-6H3. The second-order valence-corrected chi connectivity index (χ2v) is 12.9. The zero-order chi connectivity index (χ0) is 21.1. The second-order valence-electron chi connectivity index (χ2n) is 6.71. The fourth-order valence-corrected chi connectivity index (χ4v) is 6.52. The number of hydrogen-bond donors (Lipinski definition) is 2. The lowest BCUT2D eigenvalue weighted by Gasteiger charge is -2.24. The first-order valence-electron chi connectivity index (χ1n) is 10.3. The van der Waals surface area contributed by atoms with E-state index in [1.54, 1.807) is 42.7 Å². The summed E-state index contributed by atoms with van der Waals surface area (Å²) in [5, 5.41) is 6.98.